The first-order valence-corrected chi connectivity index (χ1v) is 10.9. The number of para-hydroxylation sites is 1. The topological polar surface area (TPSA) is 64.1 Å². The first kappa shape index (κ1) is 21.0. The number of thiazole rings is 1. The quantitative estimate of drug-likeness (QED) is 0.373. The highest BCUT2D eigenvalue weighted by Gasteiger charge is 2.10. The third-order valence-electron chi connectivity index (χ3n) is 4.45. The molecular weight excluding hydrogens is 430 g/mol. The largest absolute Gasteiger partial charge is 0.437 e. The molecule has 5 nitrogen and oxygen atoms in total. The number of rotatable bonds is 6. The zero-order valence-corrected chi connectivity index (χ0v) is 18.6. The lowest BCUT2D eigenvalue weighted by atomic mass is 10.2. The SMILES string of the molecule is CC(=O)N[C@@H](C)/C=C/c1ccc(Oc2ccc(-c3nc4ccccc4s3)cc2Cl)nc1. The number of nitrogens with zero attached hydrogens (tertiary/aromatic N) is 2. The molecule has 156 valence electrons. The van der Waals surface area contributed by atoms with E-state index in [1.807, 2.05) is 61.5 Å². The molecule has 0 aliphatic heterocycles. The second-order valence-corrected chi connectivity index (χ2v) is 8.45. The molecule has 0 radical (unpaired) electrons. The standard InChI is InChI=1S/C24H20ClN3O2S/c1-15(27-16(2)29)7-8-17-9-12-23(26-14-17)30-21-11-10-18(13-19(21)25)24-28-20-5-3-4-6-22(20)31-24/h3-15H,1-2H3,(H,27,29)/b8-7+/t15-/m0/s1. The zero-order valence-electron chi connectivity index (χ0n) is 17.0. The maximum absolute atomic E-state index is 11.1. The van der Waals surface area contributed by atoms with Gasteiger partial charge in [-0.25, -0.2) is 9.97 Å². The Morgan fingerprint density at radius 2 is 2.03 bits per heavy atom. The van der Waals surface area contributed by atoms with Crippen LogP contribution in [0.3, 0.4) is 0 Å². The predicted octanol–water partition coefficient (Wildman–Crippen LogP) is 6.34. The van der Waals surface area contributed by atoms with Crippen LogP contribution in [0.2, 0.25) is 5.02 Å². The maximum atomic E-state index is 11.1. The molecule has 2 heterocycles. The number of carbonyl (C=O) groups is 1. The molecule has 0 aliphatic carbocycles. The normalized spacial score (nSPS) is 12.2. The molecule has 4 rings (SSSR count). The van der Waals surface area contributed by atoms with E-state index in [0.29, 0.717) is 16.7 Å². The van der Waals surface area contributed by atoms with Crippen LogP contribution in [0.25, 0.3) is 26.9 Å². The van der Waals surface area contributed by atoms with Gasteiger partial charge in [-0.1, -0.05) is 35.9 Å². The minimum atomic E-state index is -0.0648. The third-order valence-corrected chi connectivity index (χ3v) is 5.84. The minimum absolute atomic E-state index is 0.0545. The molecule has 0 spiro atoms. The smallest absolute Gasteiger partial charge is 0.219 e. The third kappa shape index (κ3) is 5.29. The number of hydrogen-bond donors (Lipinski definition) is 1. The summed E-state index contributed by atoms with van der Waals surface area (Å²) in [5.41, 5.74) is 2.82. The van der Waals surface area contributed by atoms with Crippen LogP contribution in [0, 0.1) is 0 Å². The highest BCUT2D eigenvalue weighted by Crippen LogP contribution is 2.35. The van der Waals surface area contributed by atoms with Crippen molar-refractivity contribution in [2.75, 3.05) is 0 Å². The number of amides is 1. The van der Waals surface area contributed by atoms with E-state index < -0.39 is 0 Å². The van der Waals surface area contributed by atoms with Crippen LogP contribution in [-0.2, 0) is 4.79 Å². The van der Waals surface area contributed by atoms with Crippen molar-refractivity contribution in [2.45, 2.75) is 19.9 Å². The lowest BCUT2D eigenvalue weighted by molar-refractivity contribution is -0.119. The number of aromatic nitrogens is 2. The van der Waals surface area contributed by atoms with Crippen LogP contribution in [-0.4, -0.2) is 21.9 Å². The van der Waals surface area contributed by atoms with Crippen LogP contribution >= 0.6 is 22.9 Å². The number of nitrogens with one attached hydrogen (secondary N) is 1. The number of pyridine rings is 1. The first-order chi connectivity index (χ1) is 15.0. The number of ether oxygens (including phenoxy) is 1. The number of fused-ring (bicyclic) bond motifs is 1. The van der Waals surface area contributed by atoms with E-state index in [-0.39, 0.29) is 11.9 Å². The number of hydrogen-bond acceptors (Lipinski definition) is 5. The average Bonchev–Trinajstić information content (AvgIpc) is 3.18. The molecule has 4 aromatic rings. The molecule has 7 heteroatoms. The summed E-state index contributed by atoms with van der Waals surface area (Å²) in [4.78, 5) is 20.1. The lowest BCUT2D eigenvalue weighted by Crippen LogP contribution is -2.28. The highest BCUT2D eigenvalue weighted by molar-refractivity contribution is 7.21. The fraction of sp³-hybridized carbons (Fsp3) is 0.125. The Balaban J connectivity index is 1.45. The number of halogens is 1. The van der Waals surface area contributed by atoms with Crippen LogP contribution in [0.15, 0.2) is 66.9 Å². The van der Waals surface area contributed by atoms with Crippen LogP contribution < -0.4 is 10.1 Å². The molecule has 0 bridgehead atoms. The summed E-state index contributed by atoms with van der Waals surface area (Å²) in [7, 11) is 0. The molecule has 0 fully saturated rings. The number of carbonyl (C=O) groups excluding carboxylic acids is 1. The lowest BCUT2D eigenvalue weighted by Gasteiger charge is -2.08. The molecule has 2 aromatic heterocycles. The van der Waals surface area contributed by atoms with Crippen LogP contribution in [0.1, 0.15) is 19.4 Å². The second-order valence-electron chi connectivity index (χ2n) is 7.01. The van der Waals surface area contributed by atoms with Crippen LogP contribution in [0.4, 0.5) is 0 Å². The predicted molar refractivity (Wildman–Crippen MR) is 127 cm³/mol. The van der Waals surface area contributed by atoms with Gasteiger partial charge >= 0.3 is 0 Å². The molecule has 0 saturated carbocycles. The van der Waals surface area contributed by atoms with Gasteiger partial charge in [0.15, 0.2) is 0 Å². The van der Waals surface area contributed by atoms with Gasteiger partial charge in [0.25, 0.3) is 0 Å². The van der Waals surface area contributed by atoms with E-state index in [9.17, 15) is 4.79 Å². The molecule has 0 unspecified atom stereocenters. The molecule has 31 heavy (non-hydrogen) atoms. The summed E-state index contributed by atoms with van der Waals surface area (Å²) in [5.74, 6) is 0.911. The average molecular weight is 450 g/mol. The zero-order chi connectivity index (χ0) is 21.8. The molecule has 0 saturated heterocycles. The van der Waals surface area contributed by atoms with Crippen molar-refractivity contribution in [1.82, 2.24) is 15.3 Å². The van der Waals surface area contributed by atoms with Crippen molar-refractivity contribution in [3.63, 3.8) is 0 Å². The Morgan fingerprint density at radius 1 is 1.19 bits per heavy atom. The molecule has 0 aliphatic rings. The summed E-state index contributed by atoms with van der Waals surface area (Å²) in [5, 5.41) is 4.20. The van der Waals surface area contributed by atoms with Crippen molar-refractivity contribution < 1.29 is 9.53 Å². The van der Waals surface area contributed by atoms with Crippen LogP contribution in [0.5, 0.6) is 11.6 Å². The Morgan fingerprint density at radius 3 is 2.74 bits per heavy atom. The fourth-order valence-electron chi connectivity index (χ4n) is 3.00. The Kier molecular flexibility index (Phi) is 6.30. The van der Waals surface area contributed by atoms with E-state index in [1.165, 1.54) is 6.92 Å². The van der Waals surface area contributed by atoms with E-state index in [4.69, 9.17) is 16.3 Å². The van der Waals surface area contributed by atoms with Crippen molar-refractivity contribution in [2.24, 2.45) is 0 Å². The van der Waals surface area contributed by atoms with E-state index in [0.717, 1.165) is 26.4 Å². The van der Waals surface area contributed by atoms with Gasteiger partial charge in [0.1, 0.15) is 10.8 Å². The molecular formula is C24H20ClN3O2S. The van der Waals surface area contributed by atoms with Gasteiger partial charge in [-0.05, 0) is 48.9 Å². The van der Waals surface area contributed by atoms with Gasteiger partial charge in [-0.2, -0.15) is 0 Å². The Bertz CT molecular complexity index is 1220. The summed E-state index contributed by atoms with van der Waals surface area (Å²) in [6.07, 6.45) is 5.50. The summed E-state index contributed by atoms with van der Waals surface area (Å²) in [6, 6.07) is 17.3. The van der Waals surface area contributed by atoms with E-state index in [2.05, 4.69) is 21.4 Å². The van der Waals surface area contributed by atoms with Gasteiger partial charge < -0.3 is 10.1 Å². The molecule has 1 N–H and O–H groups in total. The van der Waals surface area contributed by atoms with E-state index in [1.54, 1.807) is 23.6 Å². The molecule has 1 atom stereocenters. The van der Waals surface area contributed by atoms with Crippen molar-refractivity contribution in [3.8, 4) is 22.2 Å². The van der Waals surface area contributed by atoms with Crippen molar-refractivity contribution >= 4 is 45.1 Å². The second kappa shape index (κ2) is 9.29. The van der Waals surface area contributed by atoms with Gasteiger partial charge in [0.05, 0.1) is 15.2 Å². The fourth-order valence-corrected chi connectivity index (χ4v) is 4.18. The Hall–Kier alpha value is -3.22. The monoisotopic (exact) mass is 449 g/mol. The minimum Gasteiger partial charge on any atom is -0.437 e. The summed E-state index contributed by atoms with van der Waals surface area (Å²) < 4.78 is 6.99. The van der Waals surface area contributed by atoms with E-state index >= 15 is 0 Å². The van der Waals surface area contributed by atoms with Gasteiger partial charge in [-0.3, -0.25) is 4.79 Å². The van der Waals surface area contributed by atoms with Crippen molar-refractivity contribution in [3.05, 3.63) is 77.5 Å². The van der Waals surface area contributed by atoms with Gasteiger partial charge in [0, 0.05) is 30.8 Å². The van der Waals surface area contributed by atoms with Crippen molar-refractivity contribution in [1.29, 1.82) is 0 Å². The first-order valence-electron chi connectivity index (χ1n) is 9.72. The molecule has 1 amide bonds. The van der Waals surface area contributed by atoms with Gasteiger partial charge in [-0.15, -0.1) is 11.3 Å². The molecule has 2 aromatic carbocycles. The highest BCUT2D eigenvalue weighted by atomic mass is 35.5. The summed E-state index contributed by atoms with van der Waals surface area (Å²) in [6.45, 7) is 3.40. The van der Waals surface area contributed by atoms with Gasteiger partial charge in [0.2, 0.25) is 11.8 Å². The summed E-state index contributed by atoms with van der Waals surface area (Å²) >= 11 is 8.09. The number of benzene rings is 2. The maximum Gasteiger partial charge on any atom is 0.219 e. The Labute approximate surface area is 189 Å².